The van der Waals surface area contributed by atoms with Gasteiger partial charge in [0.2, 0.25) is 0 Å². The summed E-state index contributed by atoms with van der Waals surface area (Å²) in [6.45, 7) is 1.95. The number of carbonyl (C=O) groups is 1. The highest BCUT2D eigenvalue weighted by Gasteiger charge is 2.38. The summed E-state index contributed by atoms with van der Waals surface area (Å²) in [5.74, 6) is 0.150. The van der Waals surface area contributed by atoms with Gasteiger partial charge in [0, 0.05) is 5.02 Å². The fourth-order valence-corrected chi connectivity index (χ4v) is 2.15. The van der Waals surface area contributed by atoms with Gasteiger partial charge < -0.3 is 4.74 Å². The Morgan fingerprint density at radius 2 is 2.19 bits per heavy atom. The van der Waals surface area contributed by atoms with Crippen LogP contribution < -0.4 is 0 Å². The van der Waals surface area contributed by atoms with Crippen LogP contribution in [0.1, 0.15) is 29.9 Å². The maximum Gasteiger partial charge on any atom is 0.313 e. The lowest BCUT2D eigenvalue weighted by Gasteiger charge is -2.14. The molecule has 0 bridgehead atoms. The van der Waals surface area contributed by atoms with Crippen LogP contribution in [0.4, 0.5) is 0 Å². The Morgan fingerprint density at radius 3 is 2.69 bits per heavy atom. The van der Waals surface area contributed by atoms with Crippen molar-refractivity contribution in [2.24, 2.45) is 5.92 Å². The van der Waals surface area contributed by atoms with Gasteiger partial charge in [-0.25, -0.2) is 0 Å². The number of halogens is 1. The van der Waals surface area contributed by atoms with Gasteiger partial charge in [-0.05, 0) is 42.9 Å². The molecule has 1 fully saturated rings. The highest BCUT2D eigenvalue weighted by molar-refractivity contribution is 6.31. The van der Waals surface area contributed by atoms with Crippen LogP contribution in [0.3, 0.4) is 0 Å². The van der Waals surface area contributed by atoms with E-state index in [1.807, 2.05) is 25.1 Å². The Morgan fingerprint density at radius 1 is 1.50 bits per heavy atom. The molecule has 86 valence electrons. The number of hydrogen-bond donors (Lipinski definition) is 0. The fraction of sp³-hybridized carbons (Fsp3) is 0.462. The van der Waals surface area contributed by atoms with Gasteiger partial charge in [-0.1, -0.05) is 23.7 Å². The lowest BCUT2D eigenvalue weighted by atomic mass is 9.93. The summed E-state index contributed by atoms with van der Waals surface area (Å²) in [5, 5.41) is 0.715. The zero-order valence-corrected chi connectivity index (χ0v) is 10.3. The molecular weight excluding hydrogens is 224 g/mol. The zero-order chi connectivity index (χ0) is 11.7. The topological polar surface area (TPSA) is 26.3 Å². The molecule has 0 spiro atoms. The minimum Gasteiger partial charge on any atom is -0.469 e. The number of methoxy groups -OCH3 is 1. The van der Waals surface area contributed by atoms with E-state index in [-0.39, 0.29) is 11.9 Å². The fourth-order valence-electron chi connectivity index (χ4n) is 1.96. The second-order valence-electron chi connectivity index (χ2n) is 4.35. The second-order valence-corrected chi connectivity index (χ2v) is 4.75. The van der Waals surface area contributed by atoms with Crippen molar-refractivity contribution in [1.29, 1.82) is 0 Å². The molecule has 0 amide bonds. The first-order chi connectivity index (χ1) is 7.63. The summed E-state index contributed by atoms with van der Waals surface area (Å²) < 4.78 is 4.86. The van der Waals surface area contributed by atoms with Crippen molar-refractivity contribution in [2.45, 2.75) is 25.7 Å². The quantitative estimate of drug-likeness (QED) is 0.756. The summed E-state index contributed by atoms with van der Waals surface area (Å²) in [6, 6.07) is 5.81. The minimum absolute atomic E-state index is 0.136. The molecule has 0 aromatic heterocycles. The molecule has 1 aliphatic carbocycles. The van der Waals surface area contributed by atoms with E-state index < -0.39 is 0 Å². The van der Waals surface area contributed by atoms with E-state index in [0.29, 0.717) is 10.9 Å². The van der Waals surface area contributed by atoms with E-state index in [4.69, 9.17) is 16.3 Å². The van der Waals surface area contributed by atoms with Crippen LogP contribution in [0.2, 0.25) is 5.02 Å². The first-order valence-corrected chi connectivity index (χ1v) is 5.85. The van der Waals surface area contributed by atoms with Crippen LogP contribution in [0.5, 0.6) is 0 Å². The zero-order valence-electron chi connectivity index (χ0n) is 9.50. The number of rotatable bonds is 3. The average Bonchev–Trinajstić information content (AvgIpc) is 3.07. The number of aryl methyl sites for hydroxylation is 1. The SMILES string of the molecule is COC(=O)C(c1ccc(C)c(Cl)c1)C1CC1. The number of ether oxygens (including phenoxy) is 1. The molecule has 0 N–H and O–H groups in total. The van der Waals surface area contributed by atoms with E-state index in [2.05, 4.69) is 0 Å². The summed E-state index contributed by atoms with van der Waals surface area (Å²) in [4.78, 5) is 11.7. The van der Waals surface area contributed by atoms with Gasteiger partial charge >= 0.3 is 5.97 Å². The Labute approximate surface area is 101 Å². The van der Waals surface area contributed by atoms with Crippen LogP contribution in [-0.4, -0.2) is 13.1 Å². The van der Waals surface area contributed by atoms with Crippen LogP contribution >= 0.6 is 11.6 Å². The third kappa shape index (κ3) is 2.22. The third-order valence-electron chi connectivity index (χ3n) is 3.10. The molecule has 2 rings (SSSR count). The Kier molecular flexibility index (Phi) is 3.20. The summed E-state index contributed by atoms with van der Waals surface area (Å²) in [6.07, 6.45) is 2.20. The molecule has 16 heavy (non-hydrogen) atoms. The first-order valence-electron chi connectivity index (χ1n) is 5.47. The minimum atomic E-state index is -0.151. The van der Waals surface area contributed by atoms with Crippen LogP contribution in [-0.2, 0) is 9.53 Å². The summed E-state index contributed by atoms with van der Waals surface area (Å²) >= 11 is 6.08. The number of esters is 1. The third-order valence-corrected chi connectivity index (χ3v) is 3.51. The van der Waals surface area contributed by atoms with Gasteiger partial charge in [0.15, 0.2) is 0 Å². The van der Waals surface area contributed by atoms with E-state index in [1.165, 1.54) is 7.11 Å². The second kappa shape index (κ2) is 4.46. The number of carbonyl (C=O) groups excluding carboxylic acids is 1. The predicted molar refractivity (Wildman–Crippen MR) is 63.7 cm³/mol. The molecule has 1 aromatic carbocycles. The normalized spacial score (nSPS) is 16.9. The van der Waals surface area contributed by atoms with E-state index in [9.17, 15) is 4.79 Å². The summed E-state index contributed by atoms with van der Waals surface area (Å²) in [5.41, 5.74) is 2.01. The van der Waals surface area contributed by atoms with Gasteiger partial charge in [-0.2, -0.15) is 0 Å². The van der Waals surface area contributed by atoms with Crippen molar-refractivity contribution < 1.29 is 9.53 Å². The maximum absolute atomic E-state index is 11.7. The highest BCUT2D eigenvalue weighted by atomic mass is 35.5. The van der Waals surface area contributed by atoms with Crippen LogP contribution in [0, 0.1) is 12.8 Å². The lowest BCUT2D eigenvalue weighted by Crippen LogP contribution is -2.16. The van der Waals surface area contributed by atoms with Crippen LogP contribution in [0.25, 0.3) is 0 Å². The molecule has 1 unspecified atom stereocenters. The van der Waals surface area contributed by atoms with Crippen molar-refractivity contribution in [2.75, 3.05) is 7.11 Å². The van der Waals surface area contributed by atoms with Gasteiger partial charge in [0.1, 0.15) is 0 Å². The smallest absolute Gasteiger partial charge is 0.313 e. The molecule has 0 heterocycles. The van der Waals surface area contributed by atoms with Crippen molar-refractivity contribution >= 4 is 17.6 Å². The average molecular weight is 239 g/mol. The van der Waals surface area contributed by atoms with Gasteiger partial charge in [-0.15, -0.1) is 0 Å². The van der Waals surface area contributed by atoms with Crippen molar-refractivity contribution in [1.82, 2.24) is 0 Å². The molecule has 0 saturated heterocycles. The Bertz CT molecular complexity index is 410. The Hall–Kier alpha value is -1.02. The highest BCUT2D eigenvalue weighted by Crippen LogP contribution is 2.43. The molecule has 1 saturated carbocycles. The molecular formula is C13H15ClO2. The lowest BCUT2D eigenvalue weighted by molar-refractivity contribution is -0.143. The number of benzene rings is 1. The molecule has 1 aromatic rings. The van der Waals surface area contributed by atoms with Crippen molar-refractivity contribution in [3.05, 3.63) is 34.3 Å². The molecule has 3 heteroatoms. The van der Waals surface area contributed by atoms with E-state index >= 15 is 0 Å². The molecule has 0 aliphatic heterocycles. The predicted octanol–water partition coefficient (Wildman–Crippen LogP) is 3.32. The van der Waals surface area contributed by atoms with Crippen molar-refractivity contribution in [3.8, 4) is 0 Å². The molecule has 1 atom stereocenters. The van der Waals surface area contributed by atoms with Crippen molar-refractivity contribution in [3.63, 3.8) is 0 Å². The maximum atomic E-state index is 11.7. The molecule has 0 radical (unpaired) electrons. The number of hydrogen-bond acceptors (Lipinski definition) is 2. The van der Waals surface area contributed by atoms with Gasteiger partial charge in [-0.3, -0.25) is 4.79 Å². The van der Waals surface area contributed by atoms with Crippen LogP contribution in [0.15, 0.2) is 18.2 Å². The monoisotopic (exact) mass is 238 g/mol. The van der Waals surface area contributed by atoms with Gasteiger partial charge in [0.05, 0.1) is 13.0 Å². The summed E-state index contributed by atoms with van der Waals surface area (Å²) in [7, 11) is 1.44. The molecule has 2 nitrogen and oxygen atoms in total. The first kappa shape index (κ1) is 11.5. The van der Waals surface area contributed by atoms with E-state index in [0.717, 1.165) is 24.0 Å². The largest absolute Gasteiger partial charge is 0.469 e. The standard InChI is InChI=1S/C13H15ClO2/c1-8-3-4-10(7-11(8)14)12(9-5-6-9)13(15)16-2/h3-4,7,9,12H,5-6H2,1-2H3. The Balaban J connectivity index is 2.31. The van der Waals surface area contributed by atoms with Gasteiger partial charge in [0.25, 0.3) is 0 Å². The van der Waals surface area contributed by atoms with E-state index in [1.54, 1.807) is 0 Å². The molecule has 1 aliphatic rings.